The Bertz CT molecular complexity index is 2160. The van der Waals surface area contributed by atoms with E-state index in [-0.39, 0.29) is 0 Å². The molecule has 0 aromatic heterocycles. The Labute approximate surface area is 310 Å². The molecule has 0 N–H and O–H groups in total. The Balaban J connectivity index is 0.000000414. The van der Waals surface area contributed by atoms with Gasteiger partial charge in [-0.3, -0.25) is 0 Å². The van der Waals surface area contributed by atoms with Crippen molar-refractivity contribution in [2.75, 3.05) is 0 Å². The fourth-order valence-electron chi connectivity index (χ4n) is 6.17. The van der Waals surface area contributed by atoms with Gasteiger partial charge in [-0.15, -0.1) is 21.9 Å². The minimum Gasteiger partial charge on any atom is -0.207 e. The van der Waals surface area contributed by atoms with Crippen molar-refractivity contribution in [2.45, 2.75) is 0 Å². The van der Waals surface area contributed by atoms with Gasteiger partial charge >= 0.3 is 0 Å². The molecule has 0 bridgehead atoms. The van der Waals surface area contributed by atoms with Crippen LogP contribution in [0.1, 0.15) is 11.1 Å². The van der Waals surface area contributed by atoms with Crippen molar-refractivity contribution in [1.29, 1.82) is 0 Å². The molecule has 0 saturated heterocycles. The topological polar surface area (TPSA) is 0 Å². The van der Waals surface area contributed by atoms with Crippen molar-refractivity contribution >= 4 is 28.0 Å². The summed E-state index contributed by atoms with van der Waals surface area (Å²) in [6.45, 7) is 0. The summed E-state index contributed by atoms with van der Waals surface area (Å²) in [6.07, 6.45) is -5.05. The van der Waals surface area contributed by atoms with Gasteiger partial charge in [0.2, 0.25) is 0 Å². The van der Waals surface area contributed by atoms with Gasteiger partial charge in [0, 0.05) is 30.7 Å². The first-order chi connectivity index (χ1) is 27.2. The smallest absolute Gasteiger partial charge is 0.200 e. The number of rotatable bonds is 6. The molecule has 0 fully saturated rings. The van der Waals surface area contributed by atoms with Crippen LogP contribution in [0.5, 0.6) is 0 Å². The highest BCUT2D eigenvalue weighted by Gasteiger charge is 2.52. The van der Waals surface area contributed by atoms with Crippen molar-refractivity contribution in [3.05, 3.63) is 195 Å². The molecule has 0 nitrogen and oxygen atoms in total. The van der Waals surface area contributed by atoms with Crippen LogP contribution in [0.3, 0.4) is 0 Å². The molecular weight excluding hydrogens is 835 g/mol. The van der Waals surface area contributed by atoms with E-state index in [1.807, 2.05) is 12.1 Å². The fourth-order valence-corrected chi connectivity index (χ4v) is 6.17. The largest absolute Gasteiger partial charge is 0.207 e. The number of hydrogen-bond donors (Lipinski definition) is 0. The molecule has 6 aromatic rings. The standard InChI is InChI=1S/C24BF20.C13H11/c26-5-1(6(27)14(35)21(42)13(5)34)25(2-7(28)15(36)22(43)16(37)8(2)29,3-9(30)17(38)23(44)18(39)10(3)31)4-11(32)19(40)24(45)20(41)12(4)33;1-3-7-12(8-4-1)11-13-9-5-2-6-10-13/h;1-11H/q-1;+1. The molecule has 58 heavy (non-hydrogen) atoms. The molecule has 6 aromatic carbocycles. The lowest BCUT2D eigenvalue weighted by molar-refractivity contribution is 0.378. The summed E-state index contributed by atoms with van der Waals surface area (Å²) >= 11 is 0. The van der Waals surface area contributed by atoms with Gasteiger partial charge in [-0.1, -0.05) is 0 Å². The summed E-state index contributed by atoms with van der Waals surface area (Å²) < 4.78 is 294. The lowest BCUT2D eigenvalue weighted by Gasteiger charge is -2.44. The van der Waals surface area contributed by atoms with Crippen LogP contribution >= 0.6 is 0 Å². The molecule has 0 unspecified atom stereocenters. The van der Waals surface area contributed by atoms with E-state index in [4.69, 9.17) is 0 Å². The van der Waals surface area contributed by atoms with Crippen LogP contribution in [0.2, 0.25) is 0 Å². The van der Waals surface area contributed by atoms with Crippen LogP contribution in [0, 0.1) is 123 Å². The summed E-state index contributed by atoms with van der Waals surface area (Å²) in [5.74, 6) is -71.4. The zero-order valence-electron chi connectivity index (χ0n) is 27.5. The summed E-state index contributed by atoms with van der Waals surface area (Å²) in [4.78, 5) is 0. The Kier molecular flexibility index (Phi) is 11.9. The predicted octanol–water partition coefficient (Wildman–Crippen LogP) is 9.13. The highest BCUT2D eigenvalue weighted by atomic mass is 19.2. The van der Waals surface area contributed by atoms with E-state index in [1.54, 1.807) is 0 Å². The third-order valence-electron chi connectivity index (χ3n) is 8.64. The van der Waals surface area contributed by atoms with E-state index in [1.165, 1.54) is 11.1 Å². The molecule has 0 atom stereocenters. The number of halogens is 20. The van der Waals surface area contributed by atoms with E-state index < -0.39 is 144 Å². The van der Waals surface area contributed by atoms with Crippen LogP contribution in [0.4, 0.5) is 87.8 Å². The summed E-state index contributed by atoms with van der Waals surface area (Å²) in [6, 6.07) is 20.7. The molecule has 302 valence electrons. The first kappa shape index (κ1) is 43.0. The average Bonchev–Trinajstić information content (AvgIpc) is 3.21. The monoisotopic (exact) mass is 846 g/mol. The average molecular weight is 846 g/mol. The van der Waals surface area contributed by atoms with Crippen LogP contribution < -0.4 is 21.9 Å². The Morgan fingerprint density at radius 3 is 0.552 bits per heavy atom. The SMILES string of the molecule is Fc1c(F)c(F)c([B-](c2c(F)c(F)c(F)c(F)c2F)(c2c(F)c(F)c(F)c(F)c2F)c2c(F)c(F)c(F)c(F)c2F)c(F)c1F.c1ccc([CH+]c2ccccc2)cc1. The predicted molar refractivity (Wildman–Crippen MR) is 165 cm³/mol. The molecule has 0 aliphatic heterocycles. The Hall–Kier alpha value is -6.15. The van der Waals surface area contributed by atoms with Gasteiger partial charge < -0.3 is 0 Å². The summed E-state index contributed by atoms with van der Waals surface area (Å²) in [5, 5.41) is 0. The molecule has 6 rings (SSSR count). The second-order valence-electron chi connectivity index (χ2n) is 11.8. The van der Waals surface area contributed by atoms with Crippen LogP contribution in [-0.4, -0.2) is 6.15 Å². The van der Waals surface area contributed by atoms with Gasteiger partial charge in [0.25, 0.3) is 0 Å². The van der Waals surface area contributed by atoms with E-state index in [0.29, 0.717) is 0 Å². The van der Waals surface area contributed by atoms with Gasteiger partial charge in [0.05, 0.1) is 11.1 Å². The highest BCUT2D eigenvalue weighted by molar-refractivity contribution is 7.20. The van der Waals surface area contributed by atoms with E-state index in [2.05, 4.69) is 55.0 Å². The maximum atomic E-state index is 15.4. The van der Waals surface area contributed by atoms with Gasteiger partial charge in [0.1, 0.15) is 52.7 Å². The van der Waals surface area contributed by atoms with Gasteiger partial charge in [-0.25, -0.2) is 87.8 Å². The van der Waals surface area contributed by atoms with E-state index >= 15 is 35.1 Å². The number of benzene rings is 6. The Morgan fingerprint density at radius 1 is 0.224 bits per heavy atom. The van der Waals surface area contributed by atoms with Crippen molar-refractivity contribution in [3.8, 4) is 0 Å². The van der Waals surface area contributed by atoms with E-state index in [0.717, 1.165) is 0 Å². The van der Waals surface area contributed by atoms with Crippen LogP contribution in [-0.2, 0) is 0 Å². The first-order valence-electron chi connectivity index (χ1n) is 15.3. The second kappa shape index (κ2) is 16.0. The summed E-state index contributed by atoms with van der Waals surface area (Å²) in [7, 11) is 0. The van der Waals surface area contributed by atoms with Crippen molar-refractivity contribution in [3.63, 3.8) is 0 Å². The molecule has 0 aliphatic rings. The fraction of sp³-hybridized carbons (Fsp3) is 0. The van der Waals surface area contributed by atoms with Gasteiger partial charge in [0.15, 0.2) is 69.8 Å². The Morgan fingerprint density at radius 2 is 0.379 bits per heavy atom. The lowest BCUT2D eigenvalue weighted by Crippen LogP contribution is -2.81. The normalized spacial score (nSPS) is 11.4. The maximum Gasteiger partial charge on any atom is 0.200 e. The van der Waals surface area contributed by atoms with Crippen LogP contribution in [0.25, 0.3) is 0 Å². The molecule has 0 radical (unpaired) electrons. The van der Waals surface area contributed by atoms with Crippen molar-refractivity contribution in [1.82, 2.24) is 0 Å². The van der Waals surface area contributed by atoms with Crippen molar-refractivity contribution < 1.29 is 87.8 Å². The first-order valence-corrected chi connectivity index (χ1v) is 15.3. The molecule has 0 aliphatic carbocycles. The van der Waals surface area contributed by atoms with E-state index in [9.17, 15) is 52.7 Å². The number of hydrogen-bond acceptors (Lipinski definition) is 0. The minimum absolute atomic E-state index is 1.24. The van der Waals surface area contributed by atoms with Crippen LogP contribution in [0.15, 0.2) is 60.7 Å². The molecular formula is C37H11BF20. The quantitative estimate of drug-likeness (QED) is 0.0517. The lowest BCUT2D eigenvalue weighted by atomic mass is 9.12. The minimum atomic E-state index is -7.22. The molecule has 0 spiro atoms. The van der Waals surface area contributed by atoms with Gasteiger partial charge in [-0.2, -0.15) is 0 Å². The zero-order valence-corrected chi connectivity index (χ0v) is 27.5. The molecule has 21 heteroatoms. The van der Waals surface area contributed by atoms with Crippen molar-refractivity contribution in [2.24, 2.45) is 0 Å². The highest BCUT2D eigenvalue weighted by Crippen LogP contribution is 2.30. The molecule has 0 saturated carbocycles. The third kappa shape index (κ3) is 6.64. The maximum absolute atomic E-state index is 15.4. The zero-order chi connectivity index (χ0) is 43.3. The summed E-state index contributed by atoms with van der Waals surface area (Å²) in [5.41, 5.74) is -11.8. The van der Waals surface area contributed by atoms with Gasteiger partial charge in [-0.05, 0) is 36.4 Å². The second-order valence-corrected chi connectivity index (χ2v) is 11.8. The molecule has 0 amide bonds. The third-order valence-corrected chi connectivity index (χ3v) is 8.64. The molecule has 0 heterocycles.